The highest BCUT2D eigenvalue weighted by Gasteiger charge is 2.40. The van der Waals surface area contributed by atoms with Crippen LogP contribution in [0.5, 0.6) is 0 Å². The first-order chi connectivity index (χ1) is 9.00. The van der Waals surface area contributed by atoms with Gasteiger partial charge in [-0.2, -0.15) is 0 Å². The first-order valence-electron chi connectivity index (χ1n) is 7.49. The average molecular weight is 267 g/mol. The number of rotatable bonds is 3. The lowest BCUT2D eigenvalue weighted by Gasteiger charge is -2.31. The summed E-state index contributed by atoms with van der Waals surface area (Å²) in [4.78, 5) is 25.8. The summed E-state index contributed by atoms with van der Waals surface area (Å²) in [6.45, 7) is 3.81. The van der Waals surface area contributed by atoms with E-state index in [9.17, 15) is 14.7 Å². The number of carbonyl (C=O) groups is 2. The monoisotopic (exact) mass is 267 g/mol. The molecule has 2 fully saturated rings. The van der Waals surface area contributed by atoms with Gasteiger partial charge in [-0.3, -0.25) is 9.59 Å². The molecule has 0 radical (unpaired) electrons. The summed E-state index contributed by atoms with van der Waals surface area (Å²) in [5.41, 5.74) is 0. The van der Waals surface area contributed by atoms with E-state index in [1.54, 1.807) is 4.90 Å². The molecule has 0 bridgehead atoms. The maximum Gasteiger partial charge on any atom is 0.226 e. The van der Waals surface area contributed by atoms with Crippen molar-refractivity contribution in [3.63, 3.8) is 0 Å². The number of hydrogen-bond acceptors (Lipinski definition) is 3. The molecule has 1 aliphatic heterocycles. The second kappa shape index (κ2) is 6.04. The predicted octanol–water partition coefficient (Wildman–Crippen LogP) is 1.75. The van der Waals surface area contributed by atoms with Gasteiger partial charge >= 0.3 is 0 Å². The highest BCUT2D eigenvalue weighted by molar-refractivity contribution is 5.89. The van der Waals surface area contributed by atoms with Gasteiger partial charge < -0.3 is 10.0 Å². The molecule has 2 rings (SSSR count). The Kier molecular flexibility index (Phi) is 4.61. The van der Waals surface area contributed by atoms with Crippen molar-refractivity contribution in [3.8, 4) is 0 Å². The number of nitrogens with zero attached hydrogens (tertiary/aromatic N) is 1. The van der Waals surface area contributed by atoms with E-state index in [1.807, 2.05) is 6.92 Å². The van der Waals surface area contributed by atoms with Gasteiger partial charge in [0.25, 0.3) is 0 Å². The van der Waals surface area contributed by atoms with Crippen molar-refractivity contribution >= 4 is 11.7 Å². The zero-order valence-corrected chi connectivity index (χ0v) is 12.0. The Morgan fingerprint density at radius 3 is 2.42 bits per heavy atom. The average Bonchev–Trinajstić information content (AvgIpc) is 2.80. The highest BCUT2D eigenvalue weighted by Crippen LogP contribution is 2.32. The van der Waals surface area contributed by atoms with Gasteiger partial charge in [0.05, 0.1) is 12.1 Å². The predicted molar refractivity (Wildman–Crippen MR) is 72.5 cm³/mol. The summed E-state index contributed by atoms with van der Waals surface area (Å²) in [6, 6.07) is -0.409. The minimum absolute atomic E-state index is 0.0132. The van der Waals surface area contributed by atoms with E-state index in [0.717, 1.165) is 12.8 Å². The maximum absolute atomic E-state index is 12.6. The van der Waals surface area contributed by atoms with E-state index < -0.39 is 12.1 Å². The normalized spacial score (nSPS) is 30.4. The number of β-amino-alcohol motifs (C(OH)–C–C–N with tert-alkyl or cyclic N) is 1. The van der Waals surface area contributed by atoms with Gasteiger partial charge in [0.1, 0.15) is 0 Å². The minimum atomic E-state index is -0.545. The second-order valence-corrected chi connectivity index (χ2v) is 6.19. The van der Waals surface area contributed by atoms with E-state index in [4.69, 9.17) is 0 Å². The van der Waals surface area contributed by atoms with Crippen LogP contribution in [-0.4, -0.2) is 40.4 Å². The third kappa shape index (κ3) is 3.16. The molecule has 4 heteroatoms. The Hall–Kier alpha value is -0.900. The Balaban J connectivity index is 2.02. The highest BCUT2D eigenvalue weighted by atomic mass is 16.3. The molecule has 1 saturated carbocycles. The van der Waals surface area contributed by atoms with Gasteiger partial charge in [-0.15, -0.1) is 0 Å². The van der Waals surface area contributed by atoms with Gasteiger partial charge in [-0.25, -0.2) is 0 Å². The zero-order chi connectivity index (χ0) is 14.0. The molecule has 2 aliphatic rings. The van der Waals surface area contributed by atoms with Gasteiger partial charge in [-0.05, 0) is 25.7 Å². The number of hydrogen-bond donors (Lipinski definition) is 1. The second-order valence-electron chi connectivity index (χ2n) is 6.19. The van der Waals surface area contributed by atoms with Crippen LogP contribution in [0.2, 0.25) is 0 Å². The SMILES string of the molecule is CC(=O)C1C[C@@H](O)CN1C(=O)[C@@H](C)C1CCCCC1. The van der Waals surface area contributed by atoms with Crippen LogP contribution in [0.25, 0.3) is 0 Å². The van der Waals surface area contributed by atoms with Crippen molar-refractivity contribution in [2.75, 3.05) is 6.54 Å². The Morgan fingerprint density at radius 2 is 1.84 bits per heavy atom. The molecule has 1 aliphatic carbocycles. The summed E-state index contributed by atoms with van der Waals surface area (Å²) in [6.07, 6.45) is 5.79. The molecule has 19 heavy (non-hydrogen) atoms. The lowest BCUT2D eigenvalue weighted by molar-refractivity contribution is -0.141. The van der Waals surface area contributed by atoms with Crippen molar-refractivity contribution in [2.24, 2.45) is 11.8 Å². The molecule has 1 unspecified atom stereocenters. The summed E-state index contributed by atoms with van der Waals surface area (Å²) < 4.78 is 0. The molecule has 1 N–H and O–H groups in total. The molecule has 0 aromatic heterocycles. The van der Waals surface area contributed by atoms with E-state index >= 15 is 0 Å². The van der Waals surface area contributed by atoms with Crippen LogP contribution < -0.4 is 0 Å². The fourth-order valence-electron chi connectivity index (χ4n) is 3.54. The number of Topliss-reactive ketones (excluding diaryl/α,β-unsaturated/α-hetero) is 1. The van der Waals surface area contributed by atoms with Crippen LogP contribution >= 0.6 is 0 Å². The first-order valence-corrected chi connectivity index (χ1v) is 7.49. The van der Waals surface area contributed by atoms with Gasteiger partial charge in [0, 0.05) is 18.9 Å². The van der Waals surface area contributed by atoms with E-state index in [1.165, 1.54) is 26.2 Å². The fraction of sp³-hybridized carbons (Fsp3) is 0.867. The molecule has 4 nitrogen and oxygen atoms in total. The molecular formula is C15H25NO3. The van der Waals surface area contributed by atoms with Crippen LogP contribution in [0.15, 0.2) is 0 Å². The molecule has 0 aromatic carbocycles. The van der Waals surface area contributed by atoms with Crippen molar-refractivity contribution in [3.05, 3.63) is 0 Å². The maximum atomic E-state index is 12.6. The summed E-state index contributed by atoms with van der Waals surface area (Å²) in [5.74, 6) is 0.475. The van der Waals surface area contributed by atoms with Gasteiger partial charge in [0.2, 0.25) is 5.91 Å². The van der Waals surface area contributed by atoms with Crippen LogP contribution in [0.1, 0.15) is 52.4 Å². The summed E-state index contributed by atoms with van der Waals surface area (Å²) >= 11 is 0. The number of carbonyl (C=O) groups excluding carboxylic acids is 2. The Labute approximate surface area is 115 Å². The van der Waals surface area contributed by atoms with E-state index in [0.29, 0.717) is 18.9 Å². The largest absolute Gasteiger partial charge is 0.391 e. The lowest BCUT2D eigenvalue weighted by atomic mass is 9.80. The van der Waals surface area contributed by atoms with Crippen LogP contribution in [-0.2, 0) is 9.59 Å². The van der Waals surface area contributed by atoms with Crippen molar-refractivity contribution in [2.45, 2.75) is 64.5 Å². The number of ketones is 1. The molecule has 108 valence electrons. The molecule has 1 saturated heterocycles. The molecule has 1 heterocycles. The molecule has 3 atom stereocenters. The van der Waals surface area contributed by atoms with Crippen LogP contribution in [0.3, 0.4) is 0 Å². The third-order valence-electron chi connectivity index (χ3n) is 4.78. The molecule has 0 aromatic rings. The standard InChI is InChI=1S/C15H25NO3/c1-10(12-6-4-3-5-7-12)15(19)16-9-13(18)8-14(16)11(2)17/h10,12-14,18H,3-9H2,1-2H3/t10-,13+,14?/m0/s1. The summed E-state index contributed by atoms with van der Waals surface area (Å²) in [7, 11) is 0. The van der Waals surface area contributed by atoms with E-state index in [2.05, 4.69) is 0 Å². The third-order valence-corrected chi connectivity index (χ3v) is 4.78. The minimum Gasteiger partial charge on any atom is -0.391 e. The smallest absolute Gasteiger partial charge is 0.226 e. The molecular weight excluding hydrogens is 242 g/mol. The zero-order valence-electron chi connectivity index (χ0n) is 12.0. The lowest BCUT2D eigenvalue weighted by Crippen LogP contribution is -2.44. The van der Waals surface area contributed by atoms with E-state index in [-0.39, 0.29) is 17.6 Å². The molecule has 0 spiro atoms. The number of amides is 1. The Morgan fingerprint density at radius 1 is 1.21 bits per heavy atom. The Bertz CT molecular complexity index is 349. The quantitative estimate of drug-likeness (QED) is 0.847. The number of likely N-dealkylation sites (tertiary alicyclic amines) is 1. The van der Waals surface area contributed by atoms with Crippen molar-refractivity contribution in [1.29, 1.82) is 0 Å². The fourth-order valence-corrected chi connectivity index (χ4v) is 3.54. The number of aliphatic hydroxyl groups excluding tert-OH is 1. The summed E-state index contributed by atoms with van der Waals surface area (Å²) in [5, 5.41) is 9.71. The first kappa shape index (κ1) is 14.5. The number of aliphatic hydroxyl groups is 1. The van der Waals surface area contributed by atoms with Crippen LogP contribution in [0.4, 0.5) is 0 Å². The van der Waals surface area contributed by atoms with Crippen LogP contribution in [0, 0.1) is 11.8 Å². The van der Waals surface area contributed by atoms with Crippen molar-refractivity contribution in [1.82, 2.24) is 4.90 Å². The van der Waals surface area contributed by atoms with Gasteiger partial charge in [0.15, 0.2) is 5.78 Å². The molecule has 1 amide bonds. The topological polar surface area (TPSA) is 57.6 Å². The van der Waals surface area contributed by atoms with Gasteiger partial charge in [-0.1, -0.05) is 26.2 Å². The van der Waals surface area contributed by atoms with Crippen molar-refractivity contribution < 1.29 is 14.7 Å².